The van der Waals surface area contributed by atoms with Crippen LogP contribution in [0.15, 0.2) is 84.9 Å². The highest BCUT2D eigenvalue weighted by Crippen LogP contribution is 2.37. The van der Waals surface area contributed by atoms with E-state index >= 15 is 0 Å². The molecule has 0 saturated heterocycles. The van der Waals surface area contributed by atoms with Gasteiger partial charge in [-0.25, -0.2) is 4.39 Å². The van der Waals surface area contributed by atoms with Gasteiger partial charge in [0, 0.05) is 28.1 Å². The number of carbonyl (C=O) groups excluding carboxylic acids is 1. The second kappa shape index (κ2) is 7.88. The summed E-state index contributed by atoms with van der Waals surface area (Å²) in [6, 6.07) is 24.1. The Labute approximate surface area is 169 Å². The fourth-order valence-corrected chi connectivity index (χ4v) is 3.78. The highest BCUT2D eigenvalue weighted by atomic mass is 19.1. The Morgan fingerprint density at radius 1 is 0.897 bits per heavy atom. The molecule has 0 unspecified atom stereocenters. The first-order valence-electron chi connectivity index (χ1n) is 9.72. The monoisotopic (exact) mass is 383 g/mol. The van der Waals surface area contributed by atoms with Gasteiger partial charge in [-0.15, -0.1) is 0 Å². The van der Waals surface area contributed by atoms with Crippen molar-refractivity contribution in [1.29, 1.82) is 0 Å². The van der Waals surface area contributed by atoms with Gasteiger partial charge in [0.25, 0.3) is 0 Å². The lowest BCUT2D eigenvalue weighted by atomic mass is 10.0. The van der Waals surface area contributed by atoms with Crippen LogP contribution in [0.25, 0.3) is 28.1 Å². The van der Waals surface area contributed by atoms with Crippen LogP contribution in [-0.2, 0) is 0 Å². The van der Waals surface area contributed by atoms with Crippen LogP contribution in [0.4, 0.5) is 4.39 Å². The van der Waals surface area contributed by atoms with Crippen LogP contribution < -0.4 is 0 Å². The van der Waals surface area contributed by atoms with Gasteiger partial charge < -0.3 is 4.57 Å². The van der Waals surface area contributed by atoms with Crippen molar-refractivity contribution in [2.75, 3.05) is 0 Å². The molecule has 3 heteroatoms. The normalized spacial score (nSPS) is 11.6. The van der Waals surface area contributed by atoms with Gasteiger partial charge in [0.2, 0.25) is 0 Å². The molecule has 0 atom stereocenters. The Morgan fingerprint density at radius 2 is 1.55 bits per heavy atom. The van der Waals surface area contributed by atoms with E-state index in [9.17, 15) is 9.18 Å². The summed E-state index contributed by atoms with van der Waals surface area (Å²) >= 11 is 0. The molecule has 0 saturated carbocycles. The molecule has 0 aliphatic carbocycles. The summed E-state index contributed by atoms with van der Waals surface area (Å²) in [5.41, 5.74) is 4.62. The number of fused-ring (bicyclic) bond motifs is 1. The predicted octanol–water partition coefficient (Wildman–Crippen LogP) is 6.92. The third-order valence-electron chi connectivity index (χ3n) is 5.05. The number of para-hydroxylation sites is 1. The maximum atomic E-state index is 13.5. The van der Waals surface area contributed by atoms with Crippen LogP contribution in [0.3, 0.4) is 0 Å². The van der Waals surface area contributed by atoms with E-state index in [-0.39, 0.29) is 17.6 Å². The van der Waals surface area contributed by atoms with Gasteiger partial charge in [0.15, 0.2) is 5.78 Å². The molecule has 29 heavy (non-hydrogen) atoms. The molecule has 3 aromatic carbocycles. The molecule has 2 nitrogen and oxygen atoms in total. The molecule has 1 aromatic heterocycles. The fourth-order valence-electron chi connectivity index (χ4n) is 3.78. The Bertz CT molecular complexity index is 1180. The van der Waals surface area contributed by atoms with Crippen molar-refractivity contribution in [3.8, 4) is 11.1 Å². The number of rotatable bonds is 5. The zero-order chi connectivity index (χ0) is 20.4. The molecule has 0 radical (unpaired) electrons. The van der Waals surface area contributed by atoms with Crippen LogP contribution in [0, 0.1) is 5.82 Å². The number of hydrogen-bond acceptors (Lipinski definition) is 1. The van der Waals surface area contributed by atoms with E-state index in [1.807, 2.05) is 48.5 Å². The molecule has 0 N–H and O–H groups in total. The second-order valence-electron chi connectivity index (χ2n) is 7.31. The summed E-state index contributed by atoms with van der Waals surface area (Å²) in [7, 11) is 0. The van der Waals surface area contributed by atoms with E-state index in [0.717, 1.165) is 27.7 Å². The maximum absolute atomic E-state index is 13.5. The van der Waals surface area contributed by atoms with Crippen LogP contribution in [-0.4, -0.2) is 10.4 Å². The third-order valence-corrected chi connectivity index (χ3v) is 5.05. The van der Waals surface area contributed by atoms with E-state index in [1.54, 1.807) is 18.2 Å². The van der Waals surface area contributed by atoms with Crippen LogP contribution in [0.5, 0.6) is 0 Å². The summed E-state index contributed by atoms with van der Waals surface area (Å²) in [5, 5.41) is 1.08. The summed E-state index contributed by atoms with van der Waals surface area (Å²) in [6.07, 6.45) is 3.50. The summed E-state index contributed by atoms with van der Waals surface area (Å²) in [6.45, 7) is 4.24. The SMILES string of the molecule is CC(C)n1c(C=CC(=O)c2ccccc2)c(-c2ccc(F)cc2)c2ccccc21. The first kappa shape index (κ1) is 18.9. The number of hydrogen-bond donors (Lipinski definition) is 0. The molecule has 0 amide bonds. The fraction of sp³-hybridized carbons (Fsp3) is 0.115. The molecule has 0 fully saturated rings. The lowest BCUT2D eigenvalue weighted by Crippen LogP contribution is -2.03. The number of halogens is 1. The molecule has 0 aliphatic rings. The van der Waals surface area contributed by atoms with E-state index in [0.29, 0.717) is 5.56 Å². The van der Waals surface area contributed by atoms with Gasteiger partial charge in [-0.3, -0.25) is 4.79 Å². The minimum absolute atomic E-state index is 0.0452. The van der Waals surface area contributed by atoms with Gasteiger partial charge in [0.1, 0.15) is 5.82 Å². The van der Waals surface area contributed by atoms with E-state index < -0.39 is 0 Å². The first-order valence-corrected chi connectivity index (χ1v) is 9.72. The standard InChI is InChI=1S/C26H22FNO/c1-18(2)28-23-11-7-6-10-22(23)26(20-12-14-21(27)15-13-20)24(28)16-17-25(29)19-8-4-3-5-9-19/h3-18H,1-2H3. The largest absolute Gasteiger partial charge is 0.338 e. The average molecular weight is 383 g/mol. The van der Waals surface area contributed by atoms with Gasteiger partial charge >= 0.3 is 0 Å². The number of allylic oxidation sites excluding steroid dienone is 1. The minimum atomic E-state index is -0.266. The average Bonchev–Trinajstić information content (AvgIpc) is 3.07. The number of carbonyl (C=O) groups is 1. The van der Waals surface area contributed by atoms with Crippen LogP contribution >= 0.6 is 0 Å². The van der Waals surface area contributed by atoms with E-state index in [4.69, 9.17) is 0 Å². The van der Waals surface area contributed by atoms with Crippen molar-refractivity contribution < 1.29 is 9.18 Å². The molecule has 4 aromatic rings. The van der Waals surface area contributed by atoms with Crippen molar-refractivity contribution in [1.82, 2.24) is 4.57 Å². The van der Waals surface area contributed by atoms with Crippen LogP contribution in [0.1, 0.15) is 35.9 Å². The molecular weight excluding hydrogens is 361 g/mol. The molecule has 0 aliphatic heterocycles. The van der Waals surface area contributed by atoms with Gasteiger partial charge in [-0.05, 0) is 49.8 Å². The molecule has 1 heterocycles. The quantitative estimate of drug-likeness (QED) is 0.271. The molecule has 4 rings (SSSR count). The Hall–Kier alpha value is -3.46. The number of nitrogens with zero attached hydrogens (tertiary/aromatic N) is 1. The lowest BCUT2D eigenvalue weighted by Gasteiger charge is -2.13. The van der Waals surface area contributed by atoms with Crippen LogP contribution in [0.2, 0.25) is 0 Å². The van der Waals surface area contributed by atoms with Crippen molar-refractivity contribution in [2.45, 2.75) is 19.9 Å². The summed E-state index contributed by atoms with van der Waals surface area (Å²) < 4.78 is 15.8. The van der Waals surface area contributed by atoms with Gasteiger partial charge in [-0.2, -0.15) is 0 Å². The molecule has 0 spiro atoms. The first-order chi connectivity index (χ1) is 14.1. The Morgan fingerprint density at radius 3 is 2.24 bits per heavy atom. The number of benzene rings is 3. The van der Waals surface area contributed by atoms with Crippen molar-refractivity contribution in [2.24, 2.45) is 0 Å². The number of aromatic nitrogens is 1. The summed E-state index contributed by atoms with van der Waals surface area (Å²) in [5.74, 6) is -0.311. The predicted molar refractivity (Wildman–Crippen MR) is 118 cm³/mol. The Balaban J connectivity index is 1.92. The Kier molecular flexibility index (Phi) is 5.13. The summed E-state index contributed by atoms with van der Waals surface area (Å²) in [4.78, 5) is 12.7. The maximum Gasteiger partial charge on any atom is 0.185 e. The van der Waals surface area contributed by atoms with Gasteiger partial charge in [0.05, 0.1) is 5.69 Å². The second-order valence-corrected chi connectivity index (χ2v) is 7.31. The highest BCUT2D eigenvalue weighted by molar-refractivity contribution is 6.08. The number of ketones is 1. The van der Waals surface area contributed by atoms with E-state index in [2.05, 4.69) is 30.5 Å². The highest BCUT2D eigenvalue weighted by Gasteiger charge is 2.18. The molecule has 0 bridgehead atoms. The lowest BCUT2D eigenvalue weighted by molar-refractivity contribution is 0.104. The van der Waals surface area contributed by atoms with Crippen molar-refractivity contribution in [3.05, 3.63) is 102 Å². The zero-order valence-electron chi connectivity index (χ0n) is 16.5. The topological polar surface area (TPSA) is 22.0 Å². The minimum Gasteiger partial charge on any atom is -0.338 e. The smallest absolute Gasteiger partial charge is 0.185 e. The third kappa shape index (κ3) is 3.64. The van der Waals surface area contributed by atoms with Crippen molar-refractivity contribution in [3.63, 3.8) is 0 Å². The zero-order valence-corrected chi connectivity index (χ0v) is 16.5. The van der Waals surface area contributed by atoms with Crippen molar-refractivity contribution >= 4 is 22.8 Å². The molecular formula is C26H22FNO. The molecule has 144 valence electrons. The van der Waals surface area contributed by atoms with E-state index in [1.165, 1.54) is 12.1 Å². The van der Waals surface area contributed by atoms with Gasteiger partial charge in [-0.1, -0.05) is 60.7 Å².